The average molecular weight is 221 g/mol. The van der Waals surface area contributed by atoms with Gasteiger partial charge in [0.05, 0.1) is 0 Å². The number of hydrogen-bond acceptors (Lipinski definition) is 3. The molecule has 90 valence electrons. The summed E-state index contributed by atoms with van der Waals surface area (Å²) in [6.07, 6.45) is 4.08. The van der Waals surface area contributed by atoms with Gasteiger partial charge < -0.3 is 10.6 Å². The first kappa shape index (κ1) is 13.0. The molecule has 0 spiro atoms. The number of aromatic nitrogens is 1. The number of rotatable bonds is 1. The van der Waals surface area contributed by atoms with Crippen LogP contribution in [0.4, 0.5) is 5.82 Å². The molecule has 0 radical (unpaired) electrons. The second kappa shape index (κ2) is 6.48. The Bertz CT molecular complexity index is 287. The average Bonchev–Trinajstić information content (AvgIpc) is 2.34. The summed E-state index contributed by atoms with van der Waals surface area (Å²) in [5.74, 6) is 1.09. The zero-order valence-electron chi connectivity index (χ0n) is 10.6. The van der Waals surface area contributed by atoms with Crippen LogP contribution in [-0.4, -0.2) is 24.1 Å². The molecule has 0 atom stereocenters. The fourth-order valence-corrected chi connectivity index (χ4v) is 1.78. The number of nitrogens with two attached hydrogens (primary N) is 1. The van der Waals surface area contributed by atoms with Crippen LogP contribution in [-0.2, 0) is 0 Å². The van der Waals surface area contributed by atoms with E-state index in [0.29, 0.717) is 6.04 Å². The lowest BCUT2D eigenvalue weighted by molar-refractivity contribution is 0.498. The summed E-state index contributed by atoms with van der Waals surface area (Å²) in [4.78, 5) is 6.72. The van der Waals surface area contributed by atoms with E-state index in [1.165, 1.54) is 5.56 Å². The van der Waals surface area contributed by atoms with Crippen molar-refractivity contribution in [2.75, 3.05) is 18.0 Å². The Morgan fingerprint density at radius 2 is 1.88 bits per heavy atom. The van der Waals surface area contributed by atoms with Crippen LogP contribution in [0.15, 0.2) is 18.3 Å². The van der Waals surface area contributed by atoms with Crippen molar-refractivity contribution in [3.05, 3.63) is 23.9 Å². The molecule has 0 bridgehead atoms. The lowest BCUT2D eigenvalue weighted by atomic mass is 10.1. The van der Waals surface area contributed by atoms with Crippen molar-refractivity contribution in [3.8, 4) is 0 Å². The maximum atomic E-state index is 5.85. The van der Waals surface area contributed by atoms with Crippen molar-refractivity contribution in [1.82, 2.24) is 4.98 Å². The first-order valence-corrected chi connectivity index (χ1v) is 6.19. The summed E-state index contributed by atoms with van der Waals surface area (Å²) in [6, 6.07) is 4.58. The molecule has 1 aromatic heterocycles. The molecule has 0 saturated carbocycles. The van der Waals surface area contributed by atoms with Crippen LogP contribution in [0.1, 0.15) is 32.3 Å². The second-order valence-electron chi connectivity index (χ2n) is 4.02. The zero-order valence-corrected chi connectivity index (χ0v) is 10.6. The summed E-state index contributed by atoms with van der Waals surface area (Å²) in [7, 11) is 0. The van der Waals surface area contributed by atoms with E-state index in [1.54, 1.807) is 0 Å². The molecule has 3 heteroatoms. The molecule has 0 unspecified atom stereocenters. The predicted octanol–water partition coefficient (Wildman–Crippen LogP) is 2.34. The van der Waals surface area contributed by atoms with Gasteiger partial charge in [-0.1, -0.05) is 19.9 Å². The molecule has 0 amide bonds. The molecule has 16 heavy (non-hydrogen) atoms. The van der Waals surface area contributed by atoms with E-state index in [4.69, 9.17) is 5.73 Å². The highest BCUT2D eigenvalue weighted by molar-refractivity contribution is 5.39. The van der Waals surface area contributed by atoms with Gasteiger partial charge in [0.25, 0.3) is 0 Å². The highest BCUT2D eigenvalue weighted by Gasteiger charge is 2.16. The molecule has 1 aromatic rings. The van der Waals surface area contributed by atoms with Crippen LogP contribution in [0.5, 0.6) is 0 Å². The molecule has 2 rings (SSSR count). The highest BCUT2D eigenvalue weighted by Crippen LogP contribution is 2.16. The largest absolute Gasteiger partial charge is 0.357 e. The second-order valence-corrected chi connectivity index (χ2v) is 4.02. The predicted molar refractivity (Wildman–Crippen MR) is 69.7 cm³/mol. The van der Waals surface area contributed by atoms with Gasteiger partial charge in [-0.25, -0.2) is 4.98 Å². The van der Waals surface area contributed by atoms with Crippen LogP contribution in [0.3, 0.4) is 0 Å². The van der Waals surface area contributed by atoms with Crippen molar-refractivity contribution >= 4 is 5.82 Å². The van der Waals surface area contributed by atoms with Gasteiger partial charge in [0.1, 0.15) is 5.82 Å². The minimum absolute atomic E-state index is 0.386. The molecule has 1 fully saturated rings. The Labute approximate surface area is 98.7 Å². The van der Waals surface area contributed by atoms with Crippen molar-refractivity contribution in [1.29, 1.82) is 0 Å². The normalized spacial score (nSPS) is 16.6. The number of aryl methyl sites for hydroxylation is 1. The van der Waals surface area contributed by atoms with E-state index in [2.05, 4.69) is 28.9 Å². The number of nitrogens with zero attached hydrogens (tertiary/aromatic N) is 2. The fourth-order valence-electron chi connectivity index (χ4n) is 1.78. The third-order valence-electron chi connectivity index (χ3n) is 2.76. The molecule has 1 saturated heterocycles. The van der Waals surface area contributed by atoms with Gasteiger partial charge >= 0.3 is 0 Å². The maximum Gasteiger partial charge on any atom is 0.128 e. The third-order valence-corrected chi connectivity index (χ3v) is 2.76. The lowest BCUT2D eigenvalue weighted by Crippen LogP contribution is -2.40. The van der Waals surface area contributed by atoms with Gasteiger partial charge in [0.2, 0.25) is 0 Å². The monoisotopic (exact) mass is 221 g/mol. The van der Waals surface area contributed by atoms with Crippen LogP contribution in [0, 0.1) is 6.92 Å². The quantitative estimate of drug-likeness (QED) is 0.791. The summed E-state index contributed by atoms with van der Waals surface area (Å²) >= 11 is 0. The Morgan fingerprint density at radius 3 is 2.38 bits per heavy atom. The van der Waals surface area contributed by atoms with Crippen molar-refractivity contribution in [2.24, 2.45) is 5.73 Å². The molecular formula is C13H23N3. The van der Waals surface area contributed by atoms with Crippen LogP contribution in [0.25, 0.3) is 0 Å². The lowest BCUT2D eigenvalue weighted by Gasteiger charge is -2.31. The Kier molecular flexibility index (Phi) is 5.26. The Morgan fingerprint density at radius 1 is 1.25 bits per heavy atom. The molecule has 2 N–H and O–H groups in total. The summed E-state index contributed by atoms with van der Waals surface area (Å²) < 4.78 is 0. The molecule has 0 aromatic carbocycles. The first-order valence-electron chi connectivity index (χ1n) is 6.19. The van der Waals surface area contributed by atoms with E-state index < -0.39 is 0 Å². The highest BCUT2D eigenvalue weighted by atomic mass is 15.2. The molecular weight excluding hydrogens is 198 g/mol. The minimum Gasteiger partial charge on any atom is -0.357 e. The fraction of sp³-hybridized carbons (Fsp3) is 0.615. The first-order chi connectivity index (χ1) is 7.75. The number of piperidine rings is 1. The van der Waals surface area contributed by atoms with Crippen LogP contribution in [0.2, 0.25) is 0 Å². The van der Waals surface area contributed by atoms with Gasteiger partial charge in [-0.3, -0.25) is 0 Å². The van der Waals surface area contributed by atoms with Gasteiger partial charge in [-0.2, -0.15) is 0 Å². The van der Waals surface area contributed by atoms with Gasteiger partial charge in [-0.15, -0.1) is 0 Å². The van der Waals surface area contributed by atoms with Crippen molar-refractivity contribution in [2.45, 2.75) is 39.7 Å². The number of pyridine rings is 1. The minimum atomic E-state index is 0.386. The van der Waals surface area contributed by atoms with E-state index in [-0.39, 0.29) is 0 Å². The maximum absolute atomic E-state index is 5.85. The van der Waals surface area contributed by atoms with E-state index in [1.807, 2.05) is 20.0 Å². The van der Waals surface area contributed by atoms with E-state index >= 15 is 0 Å². The Balaban J connectivity index is 0.000000606. The van der Waals surface area contributed by atoms with E-state index in [0.717, 1.165) is 31.7 Å². The number of hydrogen-bond donors (Lipinski definition) is 1. The van der Waals surface area contributed by atoms with Gasteiger partial charge in [0, 0.05) is 25.3 Å². The van der Waals surface area contributed by atoms with Gasteiger partial charge in [-0.05, 0) is 31.4 Å². The summed E-state index contributed by atoms with van der Waals surface area (Å²) in [5.41, 5.74) is 7.06. The summed E-state index contributed by atoms with van der Waals surface area (Å²) in [5, 5.41) is 0. The van der Waals surface area contributed by atoms with Crippen molar-refractivity contribution in [3.63, 3.8) is 0 Å². The van der Waals surface area contributed by atoms with Crippen LogP contribution >= 0.6 is 0 Å². The van der Waals surface area contributed by atoms with Gasteiger partial charge in [0.15, 0.2) is 0 Å². The topological polar surface area (TPSA) is 42.1 Å². The standard InChI is InChI=1S/C11H17N3.C2H6/c1-9-2-3-11(13-8-9)14-6-4-10(12)5-7-14;1-2/h2-3,8,10H,4-7,12H2,1H3;1-2H3. The molecule has 3 nitrogen and oxygen atoms in total. The molecule has 1 aliphatic rings. The Hall–Kier alpha value is -1.09. The number of anilines is 1. The zero-order chi connectivity index (χ0) is 12.0. The smallest absolute Gasteiger partial charge is 0.128 e. The molecule has 1 aliphatic heterocycles. The van der Waals surface area contributed by atoms with Crippen molar-refractivity contribution < 1.29 is 0 Å². The summed E-state index contributed by atoms with van der Waals surface area (Å²) in [6.45, 7) is 8.14. The SMILES string of the molecule is CC.Cc1ccc(N2CCC(N)CC2)nc1. The van der Waals surface area contributed by atoms with Crippen LogP contribution < -0.4 is 10.6 Å². The van der Waals surface area contributed by atoms with E-state index in [9.17, 15) is 0 Å². The third kappa shape index (κ3) is 3.49. The molecule has 2 heterocycles. The molecule has 0 aliphatic carbocycles.